The maximum atomic E-state index is 12.8. The standard InChI is InChI=1S/C60H116O6/c1-4-7-10-13-15-17-19-21-23-24-25-26-27-28-29-30-31-32-33-34-35-37-38-40-42-44-47-50-53-59(62)65-56-57(55-64-58(61)52-49-46-12-9-6-3)66-60(63)54-51-48-45-43-41-39-36-22-20-18-16-14-11-8-5-2/h57H,4-56H2,1-3H3. The number of hydrogen-bond donors (Lipinski definition) is 0. The molecule has 0 aliphatic carbocycles. The number of ether oxygens (including phenoxy) is 3. The minimum atomic E-state index is -0.759. The Morgan fingerprint density at radius 2 is 0.409 bits per heavy atom. The summed E-state index contributed by atoms with van der Waals surface area (Å²) >= 11 is 0. The molecule has 6 heteroatoms. The van der Waals surface area contributed by atoms with Crippen LogP contribution in [0.25, 0.3) is 0 Å². The van der Waals surface area contributed by atoms with Gasteiger partial charge in [-0.05, 0) is 19.3 Å². The molecule has 0 N–H and O–H groups in total. The molecule has 0 heterocycles. The second kappa shape index (κ2) is 56.0. The van der Waals surface area contributed by atoms with Crippen LogP contribution in [0.1, 0.15) is 348 Å². The van der Waals surface area contributed by atoms with E-state index in [1.807, 2.05) is 0 Å². The van der Waals surface area contributed by atoms with Crippen LogP contribution in [-0.4, -0.2) is 37.2 Å². The van der Waals surface area contributed by atoms with Crippen molar-refractivity contribution < 1.29 is 28.6 Å². The normalized spacial score (nSPS) is 11.9. The predicted octanol–water partition coefficient (Wildman–Crippen LogP) is 19.9. The lowest BCUT2D eigenvalue weighted by atomic mass is 10.0. The van der Waals surface area contributed by atoms with Crippen molar-refractivity contribution in [3.8, 4) is 0 Å². The Morgan fingerprint density at radius 1 is 0.242 bits per heavy atom. The van der Waals surface area contributed by atoms with Gasteiger partial charge in [-0.25, -0.2) is 0 Å². The van der Waals surface area contributed by atoms with E-state index in [-0.39, 0.29) is 31.1 Å². The largest absolute Gasteiger partial charge is 0.462 e. The molecule has 0 spiro atoms. The van der Waals surface area contributed by atoms with E-state index in [0.29, 0.717) is 19.3 Å². The van der Waals surface area contributed by atoms with Gasteiger partial charge in [-0.2, -0.15) is 0 Å². The minimum absolute atomic E-state index is 0.0628. The van der Waals surface area contributed by atoms with Gasteiger partial charge in [-0.15, -0.1) is 0 Å². The molecule has 0 saturated carbocycles. The van der Waals surface area contributed by atoms with Gasteiger partial charge in [-0.3, -0.25) is 14.4 Å². The summed E-state index contributed by atoms with van der Waals surface area (Å²) in [5.74, 6) is -0.852. The van der Waals surface area contributed by atoms with Crippen LogP contribution in [0, 0.1) is 0 Å². The first-order valence-corrected chi connectivity index (χ1v) is 30.0. The number of unbranched alkanes of at least 4 members (excludes halogenated alkanes) is 45. The molecule has 0 saturated heterocycles. The van der Waals surface area contributed by atoms with Crippen molar-refractivity contribution in [2.24, 2.45) is 0 Å². The third-order valence-corrected chi connectivity index (χ3v) is 13.9. The van der Waals surface area contributed by atoms with Gasteiger partial charge >= 0.3 is 17.9 Å². The molecule has 0 fully saturated rings. The predicted molar refractivity (Wildman–Crippen MR) is 284 cm³/mol. The van der Waals surface area contributed by atoms with E-state index in [1.165, 1.54) is 244 Å². The fourth-order valence-electron chi connectivity index (χ4n) is 9.33. The first kappa shape index (κ1) is 64.4. The van der Waals surface area contributed by atoms with E-state index < -0.39 is 6.10 Å². The minimum Gasteiger partial charge on any atom is -0.462 e. The highest BCUT2D eigenvalue weighted by molar-refractivity contribution is 5.71. The first-order chi connectivity index (χ1) is 32.5. The van der Waals surface area contributed by atoms with Gasteiger partial charge in [-0.1, -0.05) is 310 Å². The van der Waals surface area contributed by atoms with Crippen LogP contribution in [0.2, 0.25) is 0 Å². The molecular formula is C60H116O6. The highest BCUT2D eigenvalue weighted by atomic mass is 16.6. The molecular weight excluding hydrogens is 817 g/mol. The number of rotatable bonds is 56. The highest BCUT2D eigenvalue weighted by Crippen LogP contribution is 2.18. The zero-order valence-corrected chi connectivity index (χ0v) is 45.0. The molecule has 66 heavy (non-hydrogen) atoms. The third-order valence-electron chi connectivity index (χ3n) is 13.9. The van der Waals surface area contributed by atoms with Crippen molar-refractivity contribution in [2.75, 3.05) is 13.2 Å². The maximum absolute atomic E-state index is 12.8. The van der Waals surface area contributed by atoms with Crippen LogP contribution in [0.3, 0.4) is 0 Å². The topological polar surface area (TPSA) is 78.9 Å². The molecule has 0 aromatic carbocycles. The summed E-state index contributed by atoms with van der Waals surface area (Å²) in [4.78, 5) is 37.8. The van der Waals surface area contributed by atoms with E-state index in [4.69, 9.17) is 14.2 Å². The van der Waals surface area contributed by atoms with E-state index >= 15 is 0 Å². The van der Waals surface area contributed by atoms with Crippen molar-refractivity contribution in [2.45, 2.75) is 354 Å². The fourth-order valence-corrected chi connectivity index (χ4v) is 9.33. The van der Waals surface area contributed by atoms with Crippen molar-refractivity contribution in [3.63, 3.8) is 0 Å². The van der Waals surface area contributed by atoms with Gasteiger partial charge in [0.15, 0.2) is 6.10 Å². The van der Waals surface area contributed by atoms with Crippen LogP contribution in [0.4, 0.5) is 0 Å². The summed E-state index contributed by atoms with van der Waals surface area (Å²) in [6.45, 7) is 6.62. The van der Waals surface area contributed by atoms with Crippen LogP contribution < -0.4 is 0 Å². The molecule has 0 amide bonds. The van der Waals surface area contributed by atoms with Gasteiger partial charge in [0.1, 0.15) is 13.2 Å². The number of carbonyl (C=O) groups excluding carboxylic acids is 3. The van der Waals surface area contributed by atoms with Crippen molar-refractivity contribution in [1.82, 2.24) is 0 Å². The summed E-state index contributed by atoms with van der Waals surface area (Å²) in [5.41, 5.74) is 0. The quantitative estimate of drug-likeness (QED) is 0.0343. The Hall–Kier alpha value is -1.59. The Labute approximate surface area is 412 Å². The van der Waals surface area contributed by atoms with E-state index in [9.17, 15) is 14.4 Å². The highest BCUT2D eigenvalue weighted by Gasteiger charge is 2.19. The molecule has 0 bridgehead atoms. The smallest absolute Gasteiger partial charge is 0.306 e. The second-order valence-corrected chi connectivity index (χ2v) is 20.6. The molecule has 0 rings (SSSR count). The van der Waals surface area contributed by atoms with Crippen molar-refractivity contribution in [1.29, 1.82) is 0 Å². The molecule has 1 unspecified atom stereocenters. The van der Waals surface area contributed by atoms with Gasteiger partial charge in [0, 0.05) is 19.3 Å². The average Bonchev–Trinajstić information content (AvgIpc) is 3.31. The molecule has 0 aromatic heterocycles. The first-order valence-electron chi connectivity index (χ1n) is 30.0. The number of hydrogen-bond acceptors (Lipinski definition) is 6. The number of carbonyl (C=O) groups is 3. The van der Waals surface area contributed by atoms with Crippen LogP contribution >= 0.6 is 0 Å². The summed E-state index contributed by atoms with van der Waals surface area (Å²) in [6.07, 6.45) is 63.1. The molecule has 0 aliphatic heterocycles. The van der Waals surface area contributed by atoms with Crippen LogP contribution in [0.15, 0.2) is 0 Å². The van der Waals surface area contributed by atoms with E-state index in [1.54, 1.807) is 0 Å². The maximum Gasteiger partial charge on any atom is 0.306 e. The van der Waals surface area contributed by atoms with Crippen molar-refractivity contribution in [3.05, 3.63) is 0 Å². The Bertz CT molecular complexity index is 982. The average molecular weight is 934 g/mol. The second-order valence-electron chi connectivity index (χ2n) is 20.6. The molecule has 0 aromatic rings. The van der Waals surface area contributed by atoms with Gasteiger partial charge in [0.05, 0.1) is 0 Å². The summed E-state index contributed by atoms with van der Waals surface area (Å²) in [7, 11) is 0. The third kappa shape index (κ3) is 53.4. The Morgan fingerprint density at radius 3 is 0.606 bits per heavy atom. The zero-order chi connectivity index (χ0) is 47.9. The van der Waals surface area contributed by atoms with Gasteiger partial charge < -0.3 is 14.2 Å². The molecule has 0 radical (unpaired) electrons. The van der Waals surface area contributed by atoms with Crippen LogP contribution in [-0.2, 0) is 28.6 Å². The Balaban J connectivity index is 3.91. The summed E-state index contributed by atoms with van der Waals surface area (Å²) in [5, 5.41) is 0. The monoisotopic (exact) mass is 933 g/mol. The lowest BCUT2D eigenvalue weighted by Crippen LogP contribution is -2.30. The Kier molecular flexibility index (Phi) is 54.7. The van der Waals surface area contributed by atoms with Crippen LogP contribution in [0.5, 0.6) is 0 Å². The summed E-state index contributed by atoms with van der Waals surface area (Å²) < 4.78 is 16.7. The van der Waals surface area contributed by atoms with Crippen molar-refractivity contribution >= 4 is 17.9 Å². The van der Waals surface area contributed by atoms with E-state index in [2.05, 4.69) is 20.8 Å². The SMILES string of the molecule is CCCCCCCCCCCCCCCCCCCCCCCCCCCCCCC(=O)OCC(COC(=O)CCCCCCC)OC(=O)CCCCCCCCCCCCCCCCC. The lowest BCUT2D eigenvalue weighted by molar-refractivity contribution is -0.167. The van der Waals surface area contributed by atoms with E-state index in [0.717, 1.165) is 64.2 Å². The lowest BCUT2D eigenvalue weighted by Gasteiger charge is -2.18. The summed E-state index contributed by atoms with van der Waals surface area (Å²) in [6, 6.07) is 0. The molecule has 6 nitrogen and oxygen atoms in total. The fraction of sp³-hybridized carbons (Fsp3) is 0.950. The van der Waals surface area contributed by atoms with Gasteiger partial charge in [0.25, 0.3) is 0 Å². The van der Waals surface area contributed by atoms with Gasteiger partial charge in [0.2, 0.25) is 0 Å². The zero-order valence-electron chi connectivity index (χ0n) is 45.0. The molecule has 392 valence electrons. The molecule has 1 atom stereocenters. The molecule has 0 aliphatic rings. The number of esters is 3.